The van der Waals surface area contributed by atoms with Crippen molar-refractivity contribution in [3.05, 3.63) is 29.5 Å². The summed E-state index contributed by atoms with van der Waals surface area (Å²) in [7, 11) is 0. The molecule has 1 aromatic carbocycles. The van der Waals surface area contributed by atoms with E-state index in [1.165, 1.54) is 16.6 Å². The topological polar surface area (TPSA) is 43.8 Å². The highest BCUT2D eigenvalue weighted by Gasteiger charge is 2.11. The Morgan fingerprint density at radius 3 is 2.75 bits per heavy atom. The minimum Gasteiger partial charge on any atom is -0.330 e. The van der Waals surface area contributed by atoms with Crippen molar-refractivity contribution in [1.29, 1.82) is 0 Å². The summed E-state index contributed by atoms with van der Waals surface area (Å²) in [6, 6.07) is 6.74. The van der Waals surface area contributed by atoms with Crippen LogP contribution in [0.3, 0.4) is 0 Å². The predicted octanol–water partition coefficient (Wildman–Crippen LogP) is 2.43. The number of aromatic nitrogens is 2. The van der Waals surface area contributed by atoms with Crippen LogP contribution in [0, 0.1) is 6.92 Å². The Labute approximate surface area is 96.2 Å². The van der Waals surface area contributed by atoms with Crippen LogP contribution in [0.1, 0.15) is 31.1 Å². The molecule has 0 atom stereocenters. The average molecular weight is 217 g/mol. The van der Waals surface area contributed by atoms with Crippen LogP contribution in [-0.4, -0.2) is 16.3 Å². The summed E-state index contributed by atoms with van der Waals surface area (Å²) in [6.07, 6.45) is 0.895. The van der Waals surface area contributed by atoms with Gasteiger partial charge in [0.05, 0.1) is 5.52 Å². The van der Waals surface area contributed by atoms with Crippen molar-refractivity contribution in [2.24, 2.45) is 5.73 Å². The molecule has 0 aliphatic carbocycles. The first-order valence-electron chi connectivity index (χ1n) is 5.82. The van der Waals surface area contributed by atoms with E-state index in [1.807, 2.05) is 0 Å². The number of aryl methyl sites for hydroxylation is 1. The standard InChI is InChI=1S/C13H19N3/c1-9(2)16-10(3)12-6-4-5-11(7-8-14)13(12)15-16/h4-6,9H,7-8,14H2,1-3H3. The van der Waals surface area contributed by atoms with Crippen LogP contribution < -0.4 is 5.73 Å². The van der Waals surface area contributed by atoms with Crippen molar-refractivity contribution in [3.63, 3.8) is 0 Å². The highest BCUT2D eigenvalue weighted by molar-refractivity contribution is 5.84. The molecule has 3 heteroatoms. The minimum atomic E-state index is 0.401. The molecule has 0 fully saturated rings. The molecule has 0 unspecified atom stereocenters. The lowest BCUT2D eigenvalue weighted by Crippen LogP contribution is -2.05. The normalized spacial score (nSPS) is 11.6. The van der Waals surface area contributed by atoms with Gasteiger partial charge >= 0.3 is 0 Å². The number of nitrogens with zero attached hydrogens (tertiary/aromatic N) is 2. The zero-order valence-electron chi connectivity index (χ0n) is 10.2. The van der Waals surface area contributed by atoms with Crippen LogP contribution in [0.25, 0.3) is 10.9 Å². The van der Waals surface area contributed by atoms with Crippen LogP contribution in [0.5, 0.6) is 0 Å². The number of rotatable bonds is 3. The highest BCUT2D eigenvalue weighted by atomic mass is 15.3. The second-order valence-corrected chi connectivity index (χ2v) is 4.48. The first kappa shape index (κ1) is 11.1. The molecule has 0 aliphatic rings. The van der Waals surface area contributed by atoms with E-state index in [-0.39, 0.29) is 0 Å². The molecule has 2 N–H and O–H groups in total. The van der Waals surface area contributed by atoms with Crippen molar-refractivity contribution in [3.8, 4) is 0 Å². The Hall–Kier alpha value is -1.35. The quantitative estimate of drug-likeness (QED) is 0.858. The second-order valence-electron chi connectivity index (χ2n) is 4.48. The predicted molar refractivity (Wildman–Crippen MR) is 67.6 cm³/mol. The Morgan fingerprint density at radius 2 is 2.12 bits per heavy atom. The monoisotopic (exact) mass is 217 g/mol. The van der Waals surface area contributed by atoms with E-state index in [4.69, 9.17) is 10.8 Å². The van der Waals surface area contributed by atoms with Crippen LogP contribution in [0.2, 0.25) is 0 Å². The summed E-state index contributed by atoms with van der Waals surface area (Å²) in [5, 5.41) is 5.94. The molecule has 3 nitrogen and oxygen atoms in total. The molecule has 86 valence electrons. The van der Waals surface area contributed by atoms with Crippen molar-refractivity contribution >= 4 is 10.9 Å². The molecule has 0 radical (unpaired) electrons. The lowest BCUT2D eigenvalue weighted by atomic mass is 10.1. The van der Waals surface area contributed by atoms with E-state index >= 15 is 0 Å². The Bertz CT molecular complexity index is 497. The third-order valence-corrected chi connectivity index (χ3v) is 2.96. The van der Waals surface area contributed by atoms with Gasteiger partial charge < -0.3 is 5.73 Å². The van der Waals surface area contributed by atoms with Gasteiger partial charge in [0.1, 0.15) is 0 Å². The lowest BCUT2D eigenvalue weighted by molar-refractivity contribution is 0.524. The van der Waals surface area contributed by atoms with Crippen molar-refractivity contribution in [2.45, 2.75) is 33.2 Å². The number of fused-ring (bicyclic) bond motifs is 1. The zero-order valence-corrected chi connectivity index (χ0v) is 10.2. The molecule has 16 heavy (non-hydrogen) atoms. The summed E-state index contributed by atoms with van der Waals surface area (Å²) in [5.41, 5.74) is 9.22. The Morgan fingerprint density at radius 1 is 1.38 bits per heavy atom. The maximum Gasteiger partial charge on any atom is 0.0958 e. The Balaban J connectivity index is 2.65. The average Bonchev–Trinajstić information content (AvgIpc) is 2.58. The van der Waals surface area contributed by atoms with Crippen molar-refractivity contribution < 1.29 is 0 Å². The van der Waals surface area contributed by atoms with Crippen LogP contribution in [0.4, 0.5) is 0 Å². The first-order valence-corrected chi connectivity index (χ1v) is 5.82. The third kappa shape index (κ3) is 1.71. The number of hydrogen-bond donors (Lipinski definition) is 1. The van der Waals surface area contributed by atoms with Gasteiger partial charge in [-0.15, -0.1) is 0 Å². The third-order valence-electron chi connectivity index (χ3n) is 2.96. The molecule has 0 saturated carbocycles. The summed E-state index contributed by atoms with van der Waals surface area (Å²) >= 11 is 0. The van der Waals surface area contributed by atoms with Crippen LogP contribution >= 0.6 is 0 Å². The fraction of sp³-hybridized carbons (Fsp3) is 0.462. The first-order chi connectivity index (χ1) is 7.65. The molecule has 1 aromatic heterocycles. The van der Waals surface area contributed by atoms with Crippen LogP contribution in [0.15, 0.2) is 18.2 Å². The number of hydrogen-bond acceptors (Lipinski definition) is 2. The number of nitrogens with two attached hydrogens (primary N) is 1. The fourth-order valence-electron chi connectivity index (χ4n) is 2.17. The maximum atomic E-state index is 5.62. The molecule has 1 heterocycles. The minimum absolute atomic E-state index is 0.401. The summed E-state index contributed by atoms with van der Waals surface area (Å²) in [6.45, 7) is 7.11. The van der Waals surface area contributed by atoms with Gasteiger partial charge in [-0.05, 0) is 39.3 Å². The molecule has 0 saturated heterocycles. The van der Waals surface area contributed by atoms with E-state index < -0.39 is 0 Å². The highest BCUT2D eigenvalue weighted by Crippen LogP contribution is 2.23. The van der Waals surface area contributed by atoms with E-state index in [1.54, 1.807) is 0 Å². The van der Waals surface area contributed by atoms with Gasteiger partial charge in [-0.2, -0.15) is 5.10 Å². The number of benzene rings is 1. The molecule has 0 amide bonds. The zero-order chi connectivity index (χ0) is 11.7. The molecule has 0 aliphatic heterocycles. The SMILES string of the molecule is Cc1c2cccc(CCN)c2nn1C(C)C. The van der Waals surface area contributed by atoms with E-state index in [2.05, 4.69) is 43.7 Å². The van der Waals surface area contributed by atoms with Crippen molar-refractivity contribution in [2.75, 3.05) is 6.54 Å². The smallest absolute Gasteiger partial charge is 0.0958 e. The molecular weight excluding hydrogens is 198 g/mol. The molecule has 0 spiro atoms. The van der Waals surface area contributed by atoms with Gasteiger partial charge in [-0.1, -0.05) is 18.2 Å². The van der Waals surface area contributed by atoms with Gasteiger partial charge in [-0.3, -0.25) is 4.68 Å². The van der Waals surface area contributed by atoms with E-state index in [0.717, 1.165) is 11.9 Å². The van der Waals surface area contributed by atoms with Crippen LogP contribution in [-0.2, 0) is 6.42 Å². The Kier molecular flexibility index (Phi) is 2.97. The molecule has 2 rings (SSSR count). The largest absolute Gasteiger partial charge is 0.330 e. The summed E-state index contributed by atoms with van der Waals surface area (Å²) in [5.74, 6) is 0. The maximum absolute atomic E-state index is 5.62. The van der Waals surface area contributed by atoms with E-state index in [9.17, 15) is 0 Å². The summed E-state index contributed by atoms with van der Waals surface area (Å²) in [4.78, 5) is 0. The summed E-state index contributed by atoms with van der Waals surface area (Å²) < 4.78 is 2.09. The van der Waals surface area contributed by atoms with Gasteiger partial charge in [-0.25, -0.2) is 0 Å². The second kappa shape index (κ2) is 4.26. The van der Waals surface area contributed by atoms with Gasteiger partial charge in [0.25, 0.3) is 0 Å². The van der Waals surface area contributed by atoms with E-state index in [0.29, 0.717) is 12.6 Å². The van der Waals surface area contributed by atoms with Gasteiger partial charge in [0.2, 0.25) is 0 Å². The lowest BCUT2D eigenvalue weighted by Gasteiger charge is -2.06. The molecule has 0 bridgehead atoms. The van der Waals surface area contributed by atoms with Crippen molar-refractivity contribution in [1.82, 2.24) is 9.78 Å². The molecular formula is C13H19N3. The fourth-order valence-corrected chi connectivity index (χ4v) is 2.17. The van der Waals surface area contributed by atoms with Gasteiger partial charge in [0, 0.05) is 17.1 Å². The van der Waals surface area contributed by atoms with Gasteiger partial charge in [0.15, 0.2) is 0 Å². The molecule has 2 aromatic rings.